The normalized spacial score (nSPS) is 7.68. The molecular formula is C2H16FeN2O12S2-2. The Balaban J connectivity index is -0.0000000141. The fourth-order valence-electron chi connectivity index (χ4n) is 0. The van der Waals surface area contributed by atoms with Gasteiger partial charge in [-0.2, -0.15) is 0 Å². The summed E-state index contributed by atoms with van der Waals surface area (Å²) >= 11 is 0. The Hall–Kier alpha value is 0.0195. The van der Waals surface area contributed by atoms with Crippen molar-refractivity contribution >= 4 is 20.8 Å². The molecule has 0 rings (SSSR count). The molecule has 128 valence electrons. The van der Waals surface area contributed by atoms with Gasteiger partial charge in [0, 0.05) is 33.9 Å². The number of rotatable bonds is 1. The maximum Gasteiger partial charge on any atom is 2.00 e. The van der Waals surface area contributed by atoms with Crippen LogP contribution in [-0.2, 0) is 37.9 Å². The van der Waals surface area contributed by atoms with Gasteiger partial charge in [-0.05, 0) is 0 Å². The molecule has 0 aromatic heterocycles. The van der Waals surface area contributed by atoms with Crippen LogP contribution in [0.2, 0.25) is 0 Å². The SMILES string of the molecule is NCCN.O.O.O.O.O=S(=O)([O-])[O-].O=S(=O)([O-])[O-].[Fe+2]. The Morgan fingerprint density at radius 1 is 0.632 bits per heavy atom. The van der Waals surface area contributed by atoms with Crippen LogP contribution in [0.4, 0.5) is 0 Å². The molecule has 0 aliphatic heterocycles. The van der Waals surface area contributed by atoms with Crippen molar-refractivity contribution in [2.45, 2.75) is 0 Å². The van der Waals surface area contributed by atoms with Crippen LogP contribution in [0.3, 0.4) is 0 Å². The van der Waals surface area contributed by atoms with E-state index in [9.17, 15) is 0 Å². The number of hydrogen-bond donors (Lipinski definition) is 2. The van der Waals surface area contributed by atoms with E-state index < -0.39 is 20.8 Å². The van der Waals surface area contributed by atoms with Gasteiger partial charge in [-0.3, -0.25) is 16.8 Å². The zero-order valence-corrected chi connectivity index (χ0v) is 11.7. The van der Waals surface area contributed by atoms with E-state index in [0.717, 1.165) is 0 Å². The first-order valence-electron chi connectivity index (χ1n) is 2.65. The summed E-state index contributed by atoms with van der Waals surface area (Å²) in [4.78, 5) is 0. The molecule has 0 amide bonds. The van der Waals surface area contributed by atoms with Crippen LogP contribution in [0.5, 0.6) is 0 Å². The zero-order chi connectivity index (χ0) is 12.4. The molecule has 0 unspecified atom stereocenters. The second kappa shape index (κ2) is 26.6. The van der Waals surface area contributed by atoms with E-state index in [1.54, 1.807) is 0 Å². The summed E-state index contributed by atoms with van der Waals surface area (Å²) in [5, 5.41) is 0. The molecule has 0 bridgehead atoms. The third-order valence-electron chi connectivity index (χ3n) is 0.167. The van der Waals surface area contributed by atoms with Crippen LogP contribution < -0.4 is 11.5 Å². The summed E-state index contributed by atoms with van der Waals surface area (Å²) in [5.41, 5.74) is 9.81. The molecule has 0 saturated carbocycles. The Labute approximate surface area is 120 Å². The predicted molar refractivity (Wildman–Crippen MR) is 53.5 cm³/mol. The topological polar surface area (TPSA) is 339 Å². The molecule has 14 nitrogen and oxygen atoms in total. The molecule has 0 fully saturated rings. The fraction of sp³-hybridized carbons (Fsp3) is 1.00. The molecule has 0 saturated heterocycles. The Bertz CT molecular complexity index is 252. The summed E-state index contributed by atoms with van der Waals surface area (Å²) in [7, 11) is -10.3. The molecule has 0 atom stereocenters. The van der Waals surface area contributed by atoms with Gasteiger partial charge in [0.25, 0.3) is 0 Å². The van der Waals surface area contributed by atoms with Crippen molar-refractivity contribution in [1.29, 1.82) is 0 Å². The van der Waals surface area contributed by atoms with Gasteiger partial charge in [-0.15, -0.1) is 0 Å². The minimum Gasteiger partial charge on any atom is -0.759 e. The third-order valence-corrected chi connectivity index (χ3v) is 0.167. The van der Waals surface area contributed by atoms with Gasteiger partial charge < -0.3 is 51.6 Å². The van der Waals surface area contributed by atoms with Crippen molar-refractivity contribution in [2.24, 2.45) is 11.5 Å². The first kappa shape index (κ1) is 50.9. The smallest absolute Gasteiger partial charge is 0.759 e. The molecule has 0 radical (unpaired) electrons. The van der Waals surface area contributed by atoms with Gasteiger partial charge in [-0.25, -0.2) is 0 Å². The Kier molecular flexibility index (Phi) is 71.1. The van der Waals surface area contributed by atoms with Gasteiger partial charge in [0.2, 0.25) is 0 Å². The van der Waals surface area contributed by atoms with Gasteiger partial charge in [-0.1, -0.05) is 0 Å². The van der Waals surface area contributed by atoms with Crippen LogP contribution in [0.15, 0.2) is 0 Å². The van der Waals surface area contributed by atoms with Crippen LogP contribution in [-0.4, -0.2) is 70.0 Å². The molecule has 0 aliphatic rings. The minimum atomic E-state index is -5.17. The van der Waals surface area contributed by atoms with Crippen LogP contribution in [0.25, 0.3) is 0 Å². The molecule has 0 aromatic rings. The van der Waals surface area contributed by atoms with E-state index in [0.29, 0.717) is 13.1 Å². The van der Waals surface area contributed by atoms with E-state index in [1.165, 1.54) is 0 Å². The first-order chi connectivity index (χ1) is 5.91. The van der Waals surface area contributed by atoms with E-state index in [1.807, 2.05) is 0 Å². The van der Waals surface area contributed by atoms with Crippen molar-refractivity contribution in [1.82, 2.24) is 0 Å². The van der Waals surface area contributed by atoms with Crippen LogP contribution in [0.1, 0.15) is 0 Å². The molecule has 19 heavy (non-hydrogen) atoms. The monoisotopic (exact) mass is 380 g/mol. The molecule has 0 aromatic carbocycles. The summed E-state index contributed by atoms with van der Waals surface area (Å²) in [6, 6.07) is 0. The predicted octanol–water partition coefficient (Wildman–Crippen LogP) is -7.07. The molecule has 0 spiro atoms. The average molecular weight is 380 g/mol. The summed E-state index contributed by atoms with van der Waals surface area (Å²) < 4.78 is 68.2. The maximum absolute atomic E-state index is 8.52. The van der Waals surface area contributed by atoms with Crippen LogP contribution in [0, 0.1) is 0 Å². The quantitative estimate of drug-likeness (QED) is 0.245. The van der Waals surface area contributed by atoms with Crippen molar-refractivity contribution in [3.05, 3.63) is 0 Å². The Morgan fingerprint density at radius 2 is 0.684 bits per heavy atom. The zero-order valence-electron chi connectivity index (χ0n) is 9.00. The third kappa shape index (κ3) is 4450. The first-order valence-corrected chi connectivity index (χ1v) is 5.32. The fourth-order valence-corrected chi connectivity index (χ4v) is 0. The van der Waals surface area contributed by atoms with Crippen LogP contribution >= 0.6 is 0 Å². The molecule has 0 aliphatic carbocycles. The number of hydrogen-bond acceptors (Lipinski definition) is 10. The standard InChI is InChI=1S/C2H8N2.Fe.2H2O4S.4H2O/c3-1-2-4;;2*1-5(2,3)4;;;;/h1-4H2;;2*(H2,1,2,3,4);4*1H2/q;+2;;;;;;/p-4. The van der Waals surface area contributed by atoms with Gasteiger partial charge in [0.05, 0.1) is 0 Å². The van der Waals surface area contributed by atoms with Crippen molar-refractivity contribution in [3.63, 3.8) is 0 Å². The van der Waals surface area contributed by atoms with E-state index in [-0.39, 0.29) is 39.0 Å². The summed E-state index contributed by atoms with van der Waals surface area (Å²) in [6.45, 7) is 1.19. The molecular weight excluding hydrogens is 364 g/mol. The average Bonchev–Trinajstić information content (AvgIpc) is 1.79. The van der Waals surface area contributed by atoms with Gasteiger partial charge in [0.15, 0.2) is 0 Å². The van der Waals surface area contributed by atoms with Gasteiger partial charge >= 0.3 is 17.1 Å². The van der Waals surface area contributed by atoms with Crippen molar-refractivity contribution < 1.29 is 74.0 Å². The van der Waals surface area contributed by atoms with Crippen molar-refractivity contribution in [2.75, 3.05) is 13.1 Å². The largest absolute Gasteiger partial charge is 2.00 e. The maximum atomic E-state index is 8.52. The minimum absolute atomic E-state index is 0. The molecule has 12 N–H and O–H groups in total. The summed E-state index contributed by atoms with van der Waals surface area (Å²) in [5.74, 6) is 0. The Morgan fingerprint density at radius 3 is 0.684 bits per heavy atom. The van der Waals surface area contributed by atoms with E-state index >= 15 is 0 Å². The van der Waals surface area contributed by atoms with E-state index in [2.05, 4.69) is 0 Å². The second-order valence-electron chi connectivity index (χ2n) is 1.39. The molecule has 0 heterocycles. The van der Waals surface area contributed by atoms with Crippen molar-refractivity contribution in [3.8, 4) is 0 Å². The second-order valence-corrected chi connectivity index (χ2v) is 3.03. The molecule has 17 heteroatoms. The summed E-state index contributed by atoms with van der Waals surface area (Å²) in [6.07, 6.45) is 0. The van der Waals surface area contributed by atoms with E-state index in [4.69, 9.17) is 46.5 Å². The number of nitrogens with two attached hydrogens (primary N) is 2. The van der Waals surface area contributed by atoms with Gasteiger partial charge in [0.1, 0.15) is 0 Å².